The summed E-state index contributed by atoms with van der Waals surface area (Å²) in [4.78, 5) is 4.32. The number of halogens is 3. The molecule has 0 atom stereocenters. The van der Waals surface area contributed by atoms with Crippen molar-refractivity contribution in [2.24, 2.45) is 0 Å². The van der Waals surface area contributed by atoms with Crippen molar-refractivity contribution >= 4 is 44.9 Å². The lowest BCUT2D eigenvalue weighted by atomic mass is 10.3. The molecular weight excluding hydrogens is 363 g/mol. The Bertz CT molecular complexity index is 590. The van der Waals surface area contributed by atoms with Crippen molar-refractivity contribution in [3.8, 4) is 11.6 Å². The predicted octanol–water partition coefficient (Wildman–Crippen LogP) is 5.77. The van der Waals surface area contributed by atoms with E-state index in [4.69, 9.17) is 27.9 Å². The number of aromatic nitrogens is 1. The minimum atomic E-state index is 0.331. The maximum Gasteiger partial charge on any atom is 0.240 e. The predicted molar refractivity (Wildman–Crippen MR) is 87.3 cm³/mol. The number of hydrogen-bond donors (Lipinski definition) is 1. The molecule has 0 unspecified atom stereocenters. The number of nitrogens with one attached hydrogen (secondary N) is 1. The van der Waals surface area contributed by atoms with Crippen molar-refractivity contribution in [3.63, 3.8) is 0 Å². The van der Waals surface area contributed by atoms with E-state index in [2.05, 4.69) is 33.2 Å². The summed E-state index contributed by atoms with van der Waals surface area (Å²) in [5.41, 5.74) is 0. The van der Waals surface area contributed by atoms with Gasteiger partial charge in [-0.05, 0) is 36.8 Å². The SMILES string of the molecule is CCCNc1nc(Oc2ccc(Br)cc2)c(Cl)cc1Cl. The van der Waals surface area contributed by atoms with Crippen molar-refractivity contribution in [1.29, 1.82) is 0 Å². The molecule has 2 aromatic rings. The zero-order valence-corrected chi connectivity index (χ0v) is 13.9. The third-order valence-electron chi connectivity index (χ3n) is 2.47. The van der Waals surface area contributed by atoms with E-state index in [1.165, 1.54) is 0 Å². The van der Waals surface area contributed by atoms with Crippen LogP contribution in [-0.4, -0.2) is 11.5 Å². The van der Waals surface area contributed by atoms with E-state index in [0.717, 1.165) is 17.4 Å². The second kappa shape index (κ2) is 7.16. The first-order chi connectivity index (χ1) is 9.60. The molecule has 0 radical (unpaired) electrons. The Morgan fingerprint density at radius 3 is 2.55 bits per heavy atom. The van der Waals surface area contributed by atoms with Crippen molar-refractivity contribution in [2.75, 3.05) is 11.9 Å². The molecule has 1 N–H and O–H groups in total. The molecule has 6 heteroatoms. The summed E-state index contributed by atoms with van der Waals surface area (Å²) in [6.07, 6.45) is 0.976. The van der Waals surface area contributed by atoms with E-state index in [9.17, 15) is 0 Å². The first kappa shape index (κ1) is 15.4. The lowest BCUT2D eigenvalue weighted by Gasteiger charge is -2.11. The number of rotatable bonds is 5. The van der Waals surface area contributed by atoms with E-state index in [0.29, 0.717) is 27.5 Å². The van der Waals surface area contributed by atoms with Gasteiger partial charge in [-0.3, -0.25) is 0 Å². The van der Waals surface area contributed by atoms with Gasteiger partial charge in [0.15, 0.2) is 0 Å². The standard InChI is InChI=1S/C14H13BrCl2N2O/c1-2-7-18-13-11(16)8-12(17)14(19-13)20-10-5-3-9(15)4-6-10/h3-6,8H,2,7H2,1H3,(H,18,19). The topological polar surface area (TPSA) is 34.2 Å². The van der Waals surface area contributed by atoms with Gasteiger partial charge in [-0.25, -0.2) is 0 Å². The molecule has 3 nitrogen and oxygen atoms in total. The highest BCUT2D eigenvalue weighted by atomic mass is 79.9. The van der Waals surface area contributed by atoms with Crippen molar-refractivity contribution in [2.45, 2.75) is 13.3 Å². The average molecular weight is 376 g/mol. The molecule has 1 aromatic carbocycles. The molecule has 0 aliphatic rings. The zero-order valence-electron chi connectivity index (χ0n) is 10.8. The van der Waals surface area contributed by atoms with E-state index in [-0.39, 0.29) is 0 Å². The molecule has 1 aromatic heterocycles. The Morgan fingerprint density at radius 2 is 1.90 bits per heavy atom. The van der Waals surface area contributed by atoms with Crippen LogP contribution in [0, 0.1) is 0 Å². The monoisotopic (exact) mass is 374 g/mol. The third-order valence-corrected chi connectivity index (χ3v) is 3.56. The Labute approximate surface area is 136 Å². The highest BCUT2D eigenvalue weighted by Crippen LogP contribution is 2.33. The molecule has 0 aliphatic carbocycles. The molecule has 0 fully saturated rings. The van der Waals surface area contributed by atoms with Gasteiger partial charge in [-0.1, -0.05) is 46.1 Å². The smallest absolute Gasteiger partial charge is 0.240 e. The van der Waals surface area contributed by atoms with Gasteiger partial charge in [-0.2, -0.15) is 4.98 Å². The fourth-order valence-electron chi connectivity index (χ4n) is 1.50. The molecule has 0 aliphatic heterocycles. The summed E-state index contributed by atoms with van der Waals surface area (Å²) in [5, 5.41) is 3.99. The highest BCUT2D eigenvalue weighted by Gasteiger charge is 2.11. The van der Waals surface area contributed by atoms with E-state index in [1.807, 2.05) is 24.3 Å². The van der Waals surface area contributed by atoms with Crippen LogP contribution in [0.3, 0.4) is 0 Å². The van der Waals surface area contributed by atoms with Crippen LogP contribution in [0.4, 0.5) is 5.82 Å². The van der Waals surface area contributed by atoms with E-state index >= 15 is 0 Å². The van der Waals surface area contributed by atoms with Crippen molar-refractivity contribution in [3.05, 3.63) is 44.8 Å². The zero-order chi connectivity index (χ0) is 14.5. The van der Waals surface area contributed by atoms with Gasteiger partial charge < -0.3 is 10.1 Å². The van der Waals surface area contributed by atoms with Gasteiger partial charge in [0.05, 0.1) is 5.02 Å². The quantitative estimate of drug-likeness (QED) is 0.720. The van der Waals surface area contributed by atoms with Crippen LogP contribution in [0.25, 0.3) is 0 Å². The fourth-order valence-corrected chi connectivity index (χ4v) is 2.23. The van der Waals surface area contributed by atoms with Crippen molar-refractivity contribution in [1.82, 2.24) is 4.98 Å². The molecular formula is C14H13BrCl2N2O. The molecule has 0 saturated heterocycles. The van der Waals surface area contributed by atoms with E-state index in [1.54, 1.807) is 6.07 Å². The number of anilines is 1. The summed E-state index contributed by atoms with van der Waals surface area (Å²) in [6.45, 7) is 2.85. The minimum absolute atomic E-state index is 0.331. The number of pyridine rings is 1. The lowest BCUT2D eigenvalue weighted by Crippen LogP contribution is -2.03. The molecule has 0 saturated carbocycles. The van der Waals surface area contributed by atoms with Gasteiger partial charge in [0.1, 0.15) is 16.6 Å². The Kier molecular flexibility index (Phi) is 5.52. The highest BCUT2D eigenvalue weighted by molar-refractivity contribution is 9.10. The third kappa shape index (κ3) is 4.01. The maximum absolute atomic E-state index is 6.11. The van der Waals surface area contributed by atoms with Crippen LogP contribution in [0.5, 0.6) is 11.6 Å². The Balaban J connectivity index is 2.24. The Morgan fingerprint density at radius 1 is 1.20 bits per heavy atom. The van der Waals surface area contributed by atoms with Crippen LogP contribution in [0.2, 0.25) is 10.0 Å². The second-order valence-corrected chi connectivity index (χ2v) is 5.82. The number of nitrogens with zero attached hydrogens (tertiary/aromatic N) is 1. The first-order valence-corrected chi connectivity index (χ1v) is 7.68. The largest absolute Gasteiger partial charge is 0.437 e. The molecule has 2 rings (SSSR count). The van der Waals surface area contributed by atoms with Crippen LogP contribution >= 0.6 is 39.1 Å². The maximum atomic E-state index is 6.11. The second-order valence-electron chi connectivity index (χ2n) is 4.09. The first-order valence-electron chi connectivity index (χ1n) is 6.13. The Hall–Kier alpha value is -0.970. The average Bonchev–Trinajstić information content (AvgIpc) is 2.43. The van der Waals surface area contributed by atoms with Crippen LogP contribution in [0.15, 0.2) is 34.8 Å². The van der Waals surface area contributed by atoms with Gasteiger partial charge in [-0.15, -0.1) is 0 Å². The fraction of sp³-hybridized carbons (Fsp3) is 0.214. The van der Waals surface area contributed by atoms with E-state index < -0.39 is 0 Å². The van der Waals surface area contributed by atoms with Gasteiger partial charge in [0.2, 0.25) is 5.88 Å². The molecule has 0 bridgehead atoms. The van der Waals surface area contributed by atoms with Crippen molar-refractivity contribution < 1.29 is 4.74 Å². The summed E-state index contributed by atoms with van der Waals surface area (Å²) < 4.78 is 6.65. The summed E-state index contributed by atoms with van der Waals surface area (Å²) >= 11 is 15.6. The normalized spacial score (nSPS) is 10.4. The van der Waals surface area contributed by atoms with Gasteiger partial charge in [0.25, 0.3) is 0 Å². The van der Waals surface area contributed by atoms with Gasteiger partial charge in [0, 0.05) is 11.0 Å². The minimum Gasteiger partial charge on any atom is -0.437 e. The molecule has 0 amide bonds. The molecule has 20 heavy (non-hydrogen) atoms. The summed E-state index contributed by atoms with van der Waals surface area (Å²) in [6, 6.07) is 9.05. The van der Waals surface area contributed by atoms with Gasteiger partial charge >= 0.3 is 0 Å². The summed E-state index contributed by atoms with van der Waals surface area (Å²) in [7, 11) is 0. The number of hydrogen-bond acceptors (Lipinski definition) is 3. The molecule has 1 heterocycles. The van der Waals surface area contributed by atoms with Crippen LogP contribution in [0.1, 0.15) is 13.3 Å². The number of ether oxygens (including phenoxy) is 1. The molecule has 106 valence electrons. The lowest BCUT2D eigenvalue weighted by molar-refractivity contribution is 0.464. The van der Waals surface area contributed by atoms with Crippen LogP contribution < -0.4 is 10.1 Å². The summed E-state index contributed by atoms with van der Waals surface area (Å²) in [5.74, 6) is 1.56. The van der Waals surface area contributed by atoms with Crippen LogP contribution in [-0.2, 0) is 0 Å². The number of benzene rings is 1. The molecule has 0 spiro atoms.